The molecule has 1 amide bonds. The van der Waals surface area contributed by atoms with Gasteiger partial charge in [0.25, 0.3) is 5.91 Å². The van der Waals surface area contributed by atoms with Crippen molar-refractivity contribution in [2.75, 3.05) is 26.4 Å². The molecule has 0 aliphatic carbocycles. The minimum atomic E-state index is -1.10. The lowest BCUT2D eigenvalue weighted by Gasteiger charge is -2.26. The Morgan fingerprint density at radius 1 is 1.35 bits per heavy atom. The molecular formula is C13H16ClNO5. The topological polar surface area (TPSA) is 88.0 Å². The van der Waals surface area contributed by atoms with Crippen LogP contribution in [0.4, 0.5) is 0 Å². The van der Waals surface area contributed by atoms with Crippen LogP contribution in [0.15, 0.2) is 12.1 Å². The fraction of sp³-hybridized carbons (Fsp3) is 0.462. The van der Waals surface area contributed by atoms with Crippen molar-refractivity contribution in [3.63, 3.8) is 0 Å². The summed E-state index contributed by atoms with van der Waals surface area (Å²) in [6.07, 6.45) is 0. The summed E-state index contributed by atoms with van der Waals surface area (Å²) in [7, 11) is 0. The maximum atomic E-state index is 12.1. The summed E-state index contributed by atoms with van der Waals surface area (Å²) in [5, 5.41) is 21.2. The molecule has 0 unspecified atom stereocenters. The van der Waals surface area contributed by atoms with Crippen molar-refractivity contribution in [2.45, 2.75) is 12.5 Å². The average molecular weight is 302 g/mol. The number of carbonyl (C=O) groups excluding carboxylic acids is 1. The van der Waals surface area contributed by atoms with Crippen molar-refractivity contribution >= 4 is 17.5 Å². The SMILES string of the molecule is CC(CO)(CO)NC(=O)c1cc(Cl)c2c(c1)OCCO2. The van der Waals surface area contributed by atoms with E-state index >= 15 is 0 Å². The number of benzene rings is 1. The van der Waals surface area contributed by atoms with E-state index in [9.17, 15) is 15.0 Å². The Kier molecular flexibility index (Phi) is 4.37. The first-order chi connectivity index (χ1) is 9.49. The minimum Gasteiger partial charge on any atom is -0.486 e. The van der Waals surface area contributed by atoms with Crippen LogP contribution in [0.3, 0.4) is 0 Å². The lowest BCUT2D eigenvalue weighted by atomic mass is 10.0. The van der Waals surface area contributed by atoms with Gasteiger partial charge in [0.2, 0.25) is 0 Å². The maximum Gasteiger partial charge on any atom is 0.252 e. The Hall–Kier alpha value is -1.50. The fourth-order valence-corrected chi connectivity index (χ4v) is 1.98. The number of halogens is 1. The zero-order valence-corrected chi connectivity index (χ0v) is 11.7. The first-order valence-electron chi connectivity index (χ1n) is 6.12. The molecule has 110 valence electrons. The zero-order chi connectivity index (χ0) is 14.8. The number of aliphatic hydroxyl groups is 2. The van der Waals surface area contributed by atoms with Crippen LogP contribution >= 0.6 is 11.6 Å². The predicted octanol–water partition coefficient (Wildman–Crippen LogP) is 0.584. The van der Waals surface area contributed by atoms with E-state index in [0.717, 1.165) is 0 Å². The lowest BCUT2D eigenvalue weighted by Crippen LogP contribution is -2.51. The highest BCUT2D eigenvalue weighted by Gasteiger charge is 2.26. The van der Waals surface area contributed by atoms with Gasteiger partial charge in [0.05, 0.1) is 23.8 Å². The molecule has 0 saturated carbocycles. The third kappa shape index (κ3) is 2.98. The number of rotatable bonds is 4. The second kappa shape index (κ2) is 5.87. The molecule has 1 aromatic rings. The normalized spacial score (nSPS) is 14.0. The van der Waals surface area contributed by atoms with Crippen molar-refractivity contribution in [1.29, 1.82) is 0 Å². The van der Waals surface area contributed by atoms with Gasteiger partial charge in [0.15, 0.2) is 11.5 Å². The van der Waals surface area contributed by atoms with Crippen LogP contribution in [-0.2, 0) is 0 Å². The molecule has 20 heavy (non-hydrogen) atoms. The van der Waals surface area contributed by atoms with Gasteiger partial charge in [0, 0.05) is 5.56 Å². The van der Waals surface area contributed by atoms with E-state index in [-0.39, 0.29) is 23.8 Å². The molecule has 6 nitrogen and oxygen atoms in total. The number of nitrogens with one attached hydrogen (secondary N) is 1. The minimum absolute atomic E-state index is 0.271. The molecule has 1 aliphatic rings. The van der Waals surface area contributed by atoms with E-state index in [2.05, 4.69) is 5.32 Å². The number of ether oxygens (including phenoxy) is 2. The molecule has 0 radical (unpaired) electrons. The lowest BCUT2D eigenvalue weighted by molar-refractivity contribution is 0.0723. The van der Waals surface area contributed by atoms with E-state index in [1.54, 1.807) is 0 Å². The highest BCUT2D eigenvalue weighted by atomic mass is 35.5. The standard InChI is InChI=1S/C13H16ClNO5/c1-13(6-16,7-17)15-12(18)8-4-9(14)11-10(5-8)19-2-3-20-11/h4-5,16-17H,2-3,6-7H2,1H3,(H,15,18). The van der Waals surface area contributed by atoms with Crippen molar-refractivity contribution in [3.8, 4) is 11.5 Å². The third-order valence-electron chi connectivity index (χ3n) is 2.97. The Morgan fingerprint density at radius 3 is 2.65 bits per heavy atom. The van der Waals surface area contributed by atoms with Gasteiger partial charge in [-0.05, 0) is 19.1 Å². The molecular weight excluding hydrogens is 286 g/mol. The second-order valence-electron chi connectivity index (χ2n) is 4.81. The van der Waals surface area contributed by atoms with Gasteiger partial charge in [-0.3, -0.25) is 4.79 Å². The van der Waals surface area contributed by atoms with Gasteiger partial charge in [-0.2, -0.15) is 0 Å². The van der Waals surface area contributed by atoms with Gasteiger partial charge in [0.1, 0.15) is 13.2 Å². The van der Waals surface area contributed by atoms with Crippen LogP contribution in [0.25, 0.3) is 0 Å². The molecule has 0 fully saturated rings. The Bertz CT molecular complexity index is 516. The van der Waals surface area contributed by atoms with Gasteiger partial charge in [-0.1, -0.05) is 11.6 Å². The molecule has 1 aromatic carbocycles. The molecule has 0 atom stereocenters. The van der Waals surface area contributed by atoms with Crippen molar-refractivity contribution in [2.24, 2.45) is 0 Å². The first kappa shape index (κ1) is 14.9. The first-order valence-corrected chi connectivity index (χ1v) is 6.50. The highest BCUT2D eigenvalue weighted by molar-refractivity contribution is 6.32. The average Bonchev–Trinajstić information content (AvgIpc) is 2.47. The molecule has 0 bridgehead atoms. The van der Waals surface area contributed by atoms with Crippen LogP contribution in [-0.4, -0.2) is 48.1 Å². The number of carbonyl (C=O) groups is 1. The van der Waals surface area contributed by atoms with Gasteiger partial charge >= 0.3 is 0 Å². The highest BCUT2D eigenvalue weighted by Crippen LogP contribution is 2.38. The summed E-state index contributed by atoms with van der Waals surface area (Å²) in [6, 6.07) is 2.98. The monoisotopic (exact) mass is 301 g/mol. The summed E-state index contributed by atoms with van der Waals surface area (Å²) in [4.78, 5) is 12.1. The summed E-state index contributed by atoms with van der Waals surface area (Å²) in [5.41, 5.74) is -0.830. The van der Waals surface area contributed by atoms with Crippen LogP contribution in [0.2, 0.25) is 5.02 Å². The number of fused-ring (bicyclic) bond motifs is 1. The van der Waals surface area contributed by atoms with E-state index in [0.29, 0.717) is 24.7 Å². The van der Waals surface area contributed by atoms with E-state index in [1.807, 2.05) is 0 Å². The predicted molar refractivity (Wildman–Crippen MR) is 72.5 cm³/mol. The summed E-state index contributed by atoms with van der Waals surface area (Å²) < 4.78 is 10.8. The van der Waals surface area contributed by atoms with Crippen molar-refractivity contribution < 1.29 is 24.5 Å². The van der Waals surface area contributed by atoms with E-state index < -0.39 is 11.4 Å². The number of amides is 1. The molecule has 3 N–H and O–H groups in total. The number of hydrogen-bond donors (Lipinski definition) is 3. The van der Waals surface area contributed by atoms with Gasteiger partial charge < -0.3 is 25.0 Å². The molecule has 1 aliphatic heterocycles. The van der Waals surface area contributed by atoms with Crippen LogP contribution in [0, 0.1) is 0 Å². The Labute approximate surface area is 121 Å². The van der Waals surface area contributed by atoms with Crippen molar-refractivity contribution in [3.05, 3.63) is 22.7 Å². The Morgan fingerprint density at radius 2 is 2.00 bits per heavy atom. The quantitative estimate of drug-likeness (QED) is 0.757. The van der Waals surface area contributed by atoms with Crippen LogP contribution in [0.5, 0.6) is 11.5 Å². The van der Waals surface area contributed by atoms with Gasteiger partial charge in [-0.25, -0.2) is 0 Å². The van der Waals surface area contributed by atoms with Gasteiger partial charge in [-0.15, -0.1) is 0 Å². The van der Waals surface area contributed by atoms with E-state index in [4.69, 9.17) is 21.1 Å². The summed E-state index contributed by atoms with van der Waals surface area (Å²) in [5.74, 6) is 0.361. The Balaban J connectivity index is 2.25. The summed E-state index contributed by atoms with van der Waals surface area (Å²) >= 11 is 6.05. The fourth-order valence-electron chi connectivity index (χ4n) is 1.72. The largest absolute Gasteiger partial charge is 0.486 e. The van der Waals surface area contributed by atoms with Crippen LogP contribution in [0.1, 0.15) is 17.3 Å². The smallest absolute Gasteiger partial charge is 0.252 e. The third-order valence-corrected chi connectivity index (χ3v) is 3.25. The molecule has 0 aromatic heterocycles. The van der Waals surface area contributed by atoms with E-state index in [1.165, 1.54) is 19.1 Å². The second-order valence-corrected chi connectivity index (χ2v) is 5.22. The maximum absolute atomic E-state index is 12.1. The van der Waals surface area contributed by atoms with Crippen molar-refractivity contribution in [1.82, 2.24) is 5.32 Å². The summed E-state index contributed by atoms with van der Waals surface area (Å²) in [6.45, 7) is 1.57. The molecule has 2 rings (SSSR count). The number of aliphatic hydroxyl groups excluding tert-OH is 2. The molecule has 0 saturated heterocycles. The molecule has 0 spiro atoms. The van der Waals surface area contributed by atoms with Crippen LogP contribution < -0.4 is 14.8 Å². The molecule has 1 heterocycles. The number of hydrogen-bond acceptors (Lipinski definition) is 5. The molecule has 7 heteroatoms. The zero-order valence-electron chi connectivity index (χ0n) is 11.0.